The molecule has 2 rings (SSSR count). The maximum Gasteiger partial charge on any atom is 0.221 e. The second kappa shape index (κ2) is 5.32. The summed E-state index contributed by atoms with van der Waals surface area (Å²) in [6.45, 7) is 2.59. The lowest BCUT2D eigenvalue weighted by molar-refractivity contribution is -0.121. The summed E-state index contributed by atoms with van der Waals surface area (Å²) in [6, 6.07) is 8.44. The smallest absolute Gasteiger partial charge is 0.221 e. The van der Waals surface area contributed by atoms with Crippen molar-refractivity contribution in [1.29, 1.82) is 0 Å². The van der Waals surface area contributed by atoms with Gasteiger partial charge in [0.25, 0.3) is 0 Å². The number of aryl methyl sites for hydroxylation is 1. The topological polar surface area (TPSA) is 55.1 Å². The molecule has 3 N–H and O–H groups in total. The largest absolute Gasteiger partial charge is 0.355 e. The molecule has 0 heterocycles. The molecule has 0 saturated carbocycles. The molecule has 2 unspecified atom stereocenters. The van der Waals surface area contributed by atoms with Gasteiger partial charge in [-0.2, -0.15) is 0 Å². The number of nitrogens with one attached hydrogen (secondary N) is 1. The van der Waals surface area contributed by atoms with Crippen molar-refractivity contribution < 1.29 is 4.79 Å². The van der Waals surface area contributed by atoms with E-state index in [4.69, 9.17) is 5.73 Å². The van der Waals surface area contributed by atoms with Crippen LogP contribution in [0.1, 0.15) is 36.8 Å². The highest BCUT2D eigenvalue weighted by molar-refractivity contribution is 5.76. The van der Waals surface area contributed by atoms with Gasteiger partial charge in [-0.1, -0.05) is 24.3 Å². The number of benzene rings is 1. The summed E-state index contributed by atoms with van der Waals surface area (Å²) in [5.74, 6) is 0.535. The van der Waals surface area contributed by atoms with Crippen LogP contribution in [-0.2, 0) is 11.2 Å². The minimum Gasteiger partial charge on any atom is -0.355 e. The normalized spacial score (nSPS) is 19.8. The first kappa shape index (κ1) is 12.1. The molecule has 3 heteroatoms. The van der Waals surface area contributed by atoms with E-state index in [0.717, 1.165) is 19.4 Å². The number of fused-ring (bicyclic) bond motifs is 1. The molecule has 17 heavy (non-hydrogen) atoms. The maximum atomic E-state index is 11.5. The second-order valence-corrected chi connectivity index (χ2v) is 4.92. The number of nitrogens with two attached hydrogens (primary N) is 1. The van der Waals surface area contributed by atoms with E-state index in [1.54, 1.807) is 0 Å². The second-order valence-electron chi connectivity index (χ2n) is 4.92. The van der Waals surface area contributed by atoms with Gasteiger partial charge in [-0.25, -0.2) is 0 Å². The highest BCUT2D eigenvalue weighted by Crippen LogP contribution is 2.32. The molecule has 0 spiro atoms. The molecule has 0 fully saturated rings. The molecule has 0 bridgehead atoms. The predicted octanol–water partition coefficient (Wildman–Crippen LogP) is 1.57. The van der Waals surface area contributed by atoms with Crippen LogP contribution in [0.15, 0.2) is 24.3 Å². The van der Waals surface area contributed by atoms with Gasteiger partial charge in [-0.3, -0.25) is 4.79 Å². The fourth-order valence-corrected chi connectivity index (χ4v) is 2.46. The summed E-state index contributed by atoms with van der Waals surface area (Å²) in [5, 5.41) is 2.98. The Morgan fingerprint density at radius 2 is 2.29 bits per heavy atom. The van der Waals surface area contributed by atoms with Gasteiger partial charge < -0.3 is 11.1 Å². The highest BCUT2D eigenvalue weighted by Gasteiger charge is 2.22. The zero-order valence-corrected chi connectivity index (χ0v) is 10.3. The lowest BCUT2D eigenvalue weighted by atomic mass is 10.0. The SMILES string of the molecule is CC(N)CC(=O)NCC1CCc2ccccc21. The first-order valence-corrected chi connectivity index (χ1v) is 6.27. The molecule has 0 radical (unpaired) electrons. The van der Waals surface area contributed by atoms with E-state index in [1.165, 1.54) is 11.1 Å². The van der Waals surface area contributed by atoms with Crippen LogP contribution in [0, 0.1) is 0 Å². The van der Waals surface area contributed by atoms with Gasteiger partial charge in [0.2, 0.25) is 5.91 Å². The fourth-order valence-electron chi connectivity index (χ4n) is 2.46. The lowest BCUT2D eigenvalue weighted by Crippen LogP contribution is -2.32. The summed E-state index contributed by atoms with van der Waals surface area (Å²) in [7, 11) is 0. The number of carbonyl (C=O) groups is 1. The van der Waals surface area contributed by atoms with Gasteiger partial charge >= 0.3 is 0 Å². The molecule has 0 aliphatic heterocycles. The van der Waals surface area contributed by atoms with E-state index in [1.807, 2.05) is 6.92 Å². The zero-order valence-electron chi connectivity index (χ0n) is 10.3. The molecular formula is C14H20N2O. The van der Waals surface area contributed by atoms with Crippen LogP contribution < -0.4 is 11.1 Å². The van der Waals surface area contributed by atoms with Crippen LogP contribution in [0.3, 0.4) is 0 Å². The Hall–Kier alpha value is -1.35. The highest BCUT2D eigenvalue weighted by atomic mass is 16.1. The first-order chi connectivity index (χ1) is 8.16. The van der Waals surface area contributed by atoms with Crippen molar-refractivity contribution >= 4 is 5.91 Å². The summed E-state index contributed by atoms with van der Waals surface area (Å²) >= 11 is 0. The summed E-state index contributed by atoms with van der Waals surface area (Å²) in [4.78, 5) is 11.5. The Bertz CT molecular complexity index is 401. The number of carbonyl (C=O) groups excluding carboxylic acids is 1. The van der Waals surface area contributed by atoms with Gasteiger partial charge in [0.1, 0.15) is 0 Å². The number of hydrogen-bond acceptors (Lipinski definition) is 2. The number of hydrogen-bond donors (Lipinski definition) is 2. The maximum absolute atomic E-state index is 11.5. The first-order valence-electron chi connectivity index (χ1n) is 6.27. The average molecular weight is 232 g/mol. The van der Waals surface area contributed by atoms with Gasteiger partial charge in [-0.05, 0) is 30.9 Å². The molecule has 3 nitrogen and oxygen atoms in total. The van der Waals surface area contributed by atoms with Crippen LogP contribution in [-0.4, -0.2) is 18.5 Å². The average Bonchev–Trinajstić information content (AvgIpc) is 2.69. The van der Waals surface area contributed by atoms with Gasteiger partial charge in [0.05, 0.1) is 0 Å². The third kappa shape index (κ3) is 3.07. The minimum atomic E-state index is -0.0640. The van der Waals surface area contributed by atoms with Crippen molar-refractivity contribution in [3.8, 4) is 0 Å². The Kier molecular flexibility index (Phi) is 3.79. The predicted molar refractivity (Wildman–Crippen MR) is 68.8 cm³/mol. The van der Waals surface area contributed by atoms with E-state index in [0.29, 0.717) is 12.3 Å². The van der Waals surface area contributed by atoms with Gasteiger partial charge in [0.15, 0.2) is 0 Å². The van der Waals surface area contributed by atoms with Gasteiger partial charge in [0, 0.05) is 24.9 Å². The molecule has 1 amide bonds. The van der Waals surface area contributed by atoms with Crippen LogP contribution in [0.4, 0.5) is 0 Å². The van der Waals surface area contributed by atoms with Gasteiger partial charge in [-0.15, -0.1) is 0 Å². The van der Waals surface area contributed by atoms with E-state index < -0.39 is 0 Å². The molecule has 0 saturated heterocycles. The molecule has 92 valence electrons. The molecular weight excluding hydrogens is 212 g/mol. The third-order valence-electron chi connectivity index (χ3n) is 3.31. The molecule has 1 aromatic rings. The van der Waals surface area contributed by atoms with E-state index >= 15 is 0 Å². The minimum absolute atomic E-state index is 0.0596. The zero-order chi connectivity index (χ0) is 12.3. The summed E-state index contributed by atoms with van der Waals surface area (Å²) < 4.78 is 0. The van der Waals surface area contributed by atoms with Crippen LogP contribution >= 0.6 is 0 Å². The van der Waals surface area contributed by atoms with Crippen LogP contribution in [0.5, 0.6) is 0 Å². The Morgan fingerprint density at radius 1 is 1.53 bits per heavy atom. The molecule has 1 aromatic carbocycles. The Balaban J connectivity index is 1.88. The standard InChI is InChI=1S/C14H20N2O/c1-10(15)8-14(17)16-9-12-7-6-11-4-2-3-5-13(11)12/h2-5,10,12H,6-9,15H2,1H3,(H,16,17). The van der Waals surface area contributed by atoms with Crippen LogP contribution in [0.25, 0.3) is 0 Å². The van der Waals surface area contributed by atoms with E-state index in [-0.39, 0.29) is 11.9 Å². The van der Waals surface area contributed by atoms with E-state index in [2.05, 4.69) is 29.6 Å². The molecule has 2 atom stereocenters. The quantitative estimate of drug-likeness (QED) is 0.828. The monoisotopic (exact) mass is 232 g/mol. The van der Waals surface area contributed by atoms with Crippen LogP contribution in [0.2, 0.25) is 0 Å². The van der Waals surface area contributed by atoms with E-state index in [9.17, 15) is 4.79 Å². The third-order valence-corrected chi connectivity index (χ3v) is 3.31. The summed E-state index contributed by atoms with van der Waals surface area (Å²) in [6.07, 6.45) is 2.68. The fraction of sp³-hybridized carbons (Fsp3) is 0.500. The Morgan fingerprint density at radius 3 is 3.06 bits per heavy atom. The molecule has 0 aromatic heterocycles. The number of amides is 1. The van der Waals surface area contributed by atoms with Crippen molar-refractivity contribution in [2.24, 2.45) is 5.73 Å². The number of rotatable bonds is 4. The van der Waals surface area contributed by atoms with Crippen molar-refractivity contribution in [3.63, 3.8) is 0 Å². The lowest BCUT2D eigenvalue weighted by Gasteiger charge is -2.13. The summed E-state index contributed by atoms with van der Waals surface area (Å²) in [5.41, 5.74) is 8.42. The van der Waals surface area contributed by atoms with Crippen molar-refractivity contribution in [1.82, 2.24) is 5.32 Å². The molecule has 1 aliphatic rings. The van der Waals surface area contributed by atoms with Crippen molar-refractivity contribution in [3.05, 3.63) is 35.4 Å². The Labute approximate surface area is 102 Å². The molecule has 1 aliphatic carbocycles. The van der Waals surface area contributed by atoms with Crippen molar-refractivity contribution in [2.45, 2.75) is 38.1 Å². The van der Waals surface area contributed by atoms with Crippen molar-refractivity contribution in [2.75, 3.05) is 6.54 Å².